The van der Waals surface area contributed by atoms with E-state index < -0.39 is 11.2 Å². The Labute approximate surface area is 176 Å². The van der Waals surface area contributed by atoms with Crippen LogP contribution in [0.3, 0.4) is 0 Å². The van der Waals surface area contributed by atoms with Gasteiger partial charge in [0.15, 0.2) is 20.7 Å². The fraction of sp³-hybridized carbons (Fsp3) is 0.190. The molecule has 1 unspecified atom stereocenters. The zero-order valence-electron chi connectivity index (χ0n) is 16.6. The topological polar surface area (TPSA) is 85.8 Å². The van der Waals surface area contributed by atoms with E-state index in [0.717, 1.165) is 31.7 Å². The van der Waals surface area contributed by atoms with Crippen LogP contribution in [0.4, 0.5) is 22.3 Å². The van der Waals surface area contributed by atoms with Gasteiger partial charge in [-0.25, -0.2) is 15.0 Å². The summed E-state index contributed by atoms with van der Waals surface area (Å²) >= 11 is 0.499. The Kier molecular flexibility index (Phi) is 5.40. The molecule has 148 valence electrons. The van der Waals surface area contributed by atoms with Gasteiger partial charge in [-0.3, -0.25) is 0 Å². The van der Waals surface area contributed by atoms with Gasteiger partial charge in [0.2, 0.25) is 0 Å². The Balaban J connectivity index is 1.68. The molecular formula is C21H21N5OS2. The molecule has 0 amide bonds. The quantitative estimate of drug-likeness (QED) is 0.427. The largest absolute Gasteiger partial charge is 0.612 e. The molecule has 0 saturated heterocycles. The Morgan fingerprint density at radius 1 is 0.897 bits per heavy atom. The zero-order valence-corrected chi connectivity index (χ0v) is 18.2. The Morgan fingerprint density at radius 3 is 2.24 bits per heavy atom. The number of anilines is 4. The summed E-state index contributed by atoms with van der Waals surface area (Å²) in [7, 11) is 0. The normalized spacial score (nSPS) is 12.2. The molecule has 2 N–H and O–H groups in total. The number of hydrogen-bond acceptors (Lipinski definition) is 7. The fourth-order valence-electron chi connectivity index (χ4n) is 3.05. The maximum absolute atomic E-state index is 11.6. The number of rotatable bonds is 5. The Hall–Kier alpha value is -2.68. The predicted octanol–water partition coefficient (Wildman–Crippen LogP) is 5.24. The van der Waals surface area contributed by atoms with Gasteiger partial charge >= 0.3 is 0 Å². The van der Waals surface area contributed by atoms with Gasteiger partial charge in [0.1, 0.15) is 17.6 Å². The summed E-state index contributed by atoms with van der Waals surface area (Å²) in [6.45, 7) is 6.02. The number of hydrogen-bond donors (Lipinski definition) is 2. The lowest BCUT2D eigenvalue weighted by Crippen LogP contribution is -2.00. The zero-order chi connectivity index (χ0) is 20.5. The van der Waals surface area contributed by atoms with E-state index in [2.05, 4.69) is 46.6 Å². The van der Waals surface area contributed by atoms with Gasteiger partial charge in [0.05, 0.1) is 0 Å². The monoisotopic (exact) mass is 423 g/mol. The van der Waals surface area contributed by atoms with Crippen LogP contribution in [0.15, 0.2) is 47.4 Å². The summed E-state index contributed by atoms with van der Waals surface area (Å²) < 4.78 is 11.6. The number of nitrogens with zero attached hydrogens (tertiary/aromatic N) is 3. The molecular weight excluding hydrogens is 402 g/mol. The smallest absolute Gasteiger partial charge is 0.189 e. The van der Waals surface area contributed by atoms with Crippen LogP contribution >= 0.6 is 11.3 Å². The molecule has 6 nitrogen and oxygen atoms in total. The van der Waals surface area contributed by atoms with E-state index in [9.17, 15) is 4.55 Å². The predicted molar refractivity (Wildman–Crippen MR) is 121 cm³/mol. The molecule has 0 spiro atoms. The van der Waals surface area contributed by atoms with E-state index in [4.69, 9.17) is 4.98 Å². The van der Waals surface area contributed by atoms with E-state index in [1.807, 2.05) is 37.3 Å². The number of para-hydroxylation sites is 1. The minimum Gasteiger partial charge on any atom is -0.612 e. The van der Waals surface area contributed by atoms with Crippen LogP contribution in [0.5, 0.6) is 0 Å². The third kappa shape index (κ3) is 4.19. The molecule has 29 heavy (non-hydrogen) atoms. The summed E-state index contributed by atoms with van der Waals surface area (Å²) in [5.74, 6) is 1.33. The van der Waals surface area contributed by atoms with Crippen LogP contribution in [-0.2, 0) is 11.2 Å². The van der Waals surface area contributed by atoms with Crippen molar-refractivity contribution in [2.45, 2.75) is 25.7 Å². The SMILES string of the molecule is Cc1nc(Nc2ccc([S+](C)[O-])cc2)c2nc(Nc3c(C)cccc3C)sc2n1. The number of aryl methyl sites for hydroxylation is 3. The lowest BCUT2D eigenvalue weighted by molar-refractivity contribution is 0.601. The van der Waals surface area contributed by atoms with Crippen molar-refractivity contribution in [3.05, 3.63) is 59.4 Å². The molecule has 0 fully saturated rings. The van der Waals surface area contributed by atoms with Gasteiger partial charge < -0.3 is 15.2 Å². The second-order valence-corrected chi connectivity index (χ2v) is 9.14. The molecule has 0 aliphatic heterocycles. The van der Waals surface area contributed by atoms with Crippen LogP contribution in [0.2, 0.25) is 0 Å². The first-order valence-electron chi connectivity index (χ1n) is 9.09. The first-order valence-corrected chi connectivity index (χ1v) is 11.5. The first-order chi connectivity index (χ1) is 13.9. The van der Waals surface area contributed by atoms with Gasteiger partial charge in [-0.2, -0.15) is 0 Å². The van der Waals surface area contributed by atoms with Crippen molar-refractivity contribution in [1.82, 2.24) is 15.0 Å². The minimum atomic E-state index is -1.00. The second kappa shape index (κ2) is 7.98. The van der Waals surface area contributed by atoms with Crippen LogP contribution in [0.25, 0.3) is 10.3 Å². The highest BCUT2D eigenvalue weighted by Crippen LogP contribution is 2.33. The van der Waals surface area contributed by atoms with Crippen molar-refractivity contribution < 1.29 is 4.55 Å². The van der Waals surface area contributed by atoms with Crippen LogP contribution < -0.4 is 10.6 Å². The van der Waals surface area contributed by atoms with Gasteiger partial charge in [-0.05, 0) is 67.3 Å². The molecule has 8 heteroatoms. The van der Waals surface area contributed by atoms with Crippen molar-refractivity contribution in [2.24, 2.45) is 0 Å². The number of benzene rings is 2. The van der Waals surface area contributed by atoms with Crippen LogP contribution in [0.1, 0.15) is 17.0 Å². The Morgan fingerprint density at radius 2 is 1.59 bits per heavy atom. The molecule has 2 heterocycles. The summed E-state index contributed by atoms with van der Waals surface area (Å²) in [6.07, 6.45) is 1.67. The average Bonchev–Trinajstić information content (AvgIpc) is 3.08. The average molecular weight is 424 g/mol. The highest BCUT2D eigenvalue weighted by molar-refractivity contribution is 7.90. The highest BCUT2D eigenvalue weighted by atomic mass is 32.2. The lowest BCUT2D eigenvalue weighted by Gasteiger charge is -2.09. The van der Waals surface area contributed by atoms with Crippen molar-refractivity contribution >= 4 is 55.2 Å². The van der Waals surface area contributed by atoms with Crippen LogP contribution in [0, 0.1) is 20.8 Å². The highest BCUT2D eigenvalue weighted by Gasteiger charge is 2.14. The summed E-state index contributed by atoms with van der Waals surface area (Å²) in [5, 5.41) is 7.53. The van der Waals surface area contributed by atoms with Crippen LogP contribution in [-0.4, -0.2) is 25.8 Å². The van der Waals surface area contributed by atoms with Gasteiger partial charge in [0.25, 0.3) is 0 Å². The van der Waals surface area contributed by atoms with E-state index in [1.54, 1.807) is 6.26 Å². The number of aromatic nitrogens is 3. The third-order valence-corrected chi connectivity index (χ3v) is 6.33. The molecule has 4 aromatic rings. The van der Waals surface area contributed by atoms with Gasteiger partial charge in [-0.15, -0.1) is 0 Å². The molecule has 4 rings (SSSR count). The van der Waals surface area contributed by atoms with E-state index in [1.165, 1.54) is 22.5 Å². The molecule has 0 aliphatic rings. The maximum atomic E-state index is 11.6. The minimum absolute atomic E-state index is 0.656. The van der Waals surface area contributed by atoms with Gasteiger partial charge in [0, 0.05) is 11.4 Å². The third-order valence-electron chi connectivity index (χ3n) is 4.53. The molecule has 0 radical (unpaired) electrons. The number of thiazole rings is 1. The molecule has 0 aliphatic carbocycles. The van der Waals surface area contributed by atoms with Crippen molar-refractivity contribution in [3.8, 4) is 0 Å². The standard InChI is InChI=1S/C21H21N5OS2/c1-12-6-5-7-13(2)17(12)25-21-26-18-19(22-14(3)23-20(18)28-21)24-15-8-10-16(11-9-15)29(4)27/h5-11H,1-4H3,(H,25,26)(H,22,23,24). The van der Waals surface area contributed by atoms with E-state index in [-0.39, 0.29) is 0 Å². The van der Waals surface area contributed by atoms with E-state index in [0.29, 0.717) is 11.6 Å². The molecule has 0 saturated carbocycles. The van der Waals surface area contributed by atoms with Gasteiger partial charge in [-0.1, -0.05) is 29.5 Å². The first kappa shape index (κ1) is 19.6. The summed E-state index contributed by atoms with van der Waals surface area (Å²) in [5.41, 5.74) is 4.97. The Bertz CT molecular complexity index is 1150. The van der Waals surface area contributed by atoms with Crippen molar-refractivity contribution in [2.75, 3.05) is 16.9 Å². The molecule has 0 bridgehead atoms. The number of fused-ring (bicyclic) bond motifs is 1. The number of nitrogens with one attached hydrogen (secondary N) is 2. The molecule has 2 aromatic carbocycles. The summed E-state index contributed by atoms with van der Waals surface area (Å²) in [4.78, 5) is 15.4. The summed E-state index contributed by atoms with van der Waals surface area (Å²) in [6, 6.07) is 13.7. The van der Waals surface area contributed by atoms with Crippen molar-refractivity contribution in [1.29, 1.82) is 0 Å². The lowest BCUT2D eigenvalue weighted by atomic mass is 10.1. The molecule has 1 atom stereocenters. The van der Waals surface area contributed by atoms with Crippen molar-refractivity contribution in [3.63, 3.8) is 0 Å². The fourth-order valence-corrected chi connectivity index (χ4v) is 4.46. The van der Waals surface area contributed by atoms with E-state index >= 15 is 0 Å². The maximum Gasteiger partial charge on any atom is 0.189 e. The molecule has 2 aromatic heterocycles. The second-order valence-electron chi connectivity index (χ2n) is 6.79.